The van der Waals surface area contributed by atoms with Crippen LogP contribution in [0, 0.1) is 0 Å². The number of carbonyl (C=O) groups excluding carboxylic acids is 1. The molecule has 0 bridgehead atoms. The average molecular weight is 342 g/mol. The molecule has 1 amide bonds. The van der Waals surface area contributed by atoms with Crippen LogP contribution in [0.1, 0.15) is 30.0 Å². The van der Waals surface area contributed by atoms with Gasteiger partial charge in [-0.2, -0.15) is 5.10 Å². The van der Waals surface area contributed by atoms with E-state index < -0.39 is 0 Å². The number of aryl methyl sites for hydroxylation is 1. The summed E-state index contributed by atoms with van der Waals surface area (Å²) in [4.78, 5) is 14.5. The first kappa shape index (κ1) is 17.5. The molecule has 1 atom stereocenters. The Kier molecular flexibility index (Phi) is 5.71. The molecular weight excluding hydrogens is 316 g/mol. The van der Waals surface area contributed by atoms with Gasteiger partial charge in [0.1, 0.15) is 5.75 Å². The fraction of sp³-hybridized carbons (Fsp3) is 0.474. The minimum absolute atomic E-state index is 0.0873. The molecule has 1 aromatic carbocycles. The Morgan fingerprint density at radius 3 is 2.84 bits per heavy atom. The summed E-state index contributed by atoms with van der Waals surface area (Å²) in [6, 6.07) is 8.26. The first-order valence-electron chi connectivity index (χ1n) is 8.78. The van der Waals surface area contributed by atoms with Crippen molar-refractivity contribution in [2.45, 2.75) is 25.3 Å². The van der Waals surface area contributed by atoms with E-state index in [-0.39, 0.29) is 5.91 Å². The van der Waals surface area contributed by atoms with Crippen LogP contribution in [0.3, 0.4) is 0 Å². The van der Waals surface area contributed by atoms with Crippen molar-refractivity contribution in [2.75, 3.05) is 26.7 Å². The molecule has 3 rings (SSSR count). The highest BCUT2D eigenvalue weighted by Gasteiger charge is 2.28. The largest absolute Gasteiger partial charge is 0.497 e. The molecule has 1 aliphatic rings. The molecule has 1 N–H and O–H groups in total. The van der Waals surface area contributed by atoms with Crippen LogP contribution in [0.5, 0.6) is 5.75 Å². The molecular formula is C19H26N4O2. The normalized spacial score (nSPS) is 17.6. The number of carbonyl (C=O) groups is 1. The van der Waals surface area contributed by atoms with Gasteiger partial charge in [0.2, 0.25) is 5.91 Å². The number of aromatic nitrogens is 2. The van der Waals surface area contributed by atoms with Gasteiger partial charge in [-0.3, -0.25) is 14.4 Å². The molecule has 2 heterocycles. The number of amides is 1. The van der Waals surface area contributed by atoms with Crippen LogP contribution < -0.4 is 10.1 Å². The van der Waals surface area contributed by atoms with Crippen molar-refractivity contribution in [3.05, 3.63) is 47.8 Å². The SMILES string of the molecule is COc1ccc(CCNC(=O)CN2CCCC2c2cnn(C)c2)cc1. The van der Waals surface area contributed by atoms with E-state index in [1.807, 2.05) is 48.4 Å². The van der Waals surface area contributed by atoms with Crippen molar-refractivity contribution in [1.82, 2.24) is 20.0 Å². The minimum Gasteiger partial charge on any atom is -0.497 e. The topological polar surface area (TPSA) is 59.4 Å². The van der Waals surface area contributed by atoms with Gasteiger partial charge in [0, 0.05) is 31.4 Å². The lowest BCUT2D eigenvalue weighted by atomic mass is 10.1. The Hall–Kier alpha value is -2.34. The Morgan fingerprint density at radius 2 is 2.16 bits per heavy atom. The van der Waals surface area contributed by atoms with Gasteiger partial charge >= 0.3 is 0 Å². The van der Waals surface area contributed by atoms with Crippen molar-refractivity contribution in [3.8, 4) is 5.75 Å². The van der Waals surface area contributed by atoms with E-state index in [0.29, 0.717) is 19.1 Å². The van der Waals surface area contributed by atoms with Crippen LogP contribution in [0.2, 0.25) is 0 Å². The van der Waals surface area contributed by atoms with E-state index >= 15 is 0 Å². The summed E-state index contributed by atoms with van der Waals surface area (Å²) in [6.07, 6.45) is 6.99. The Bertz CT molecular complexity index is 696. The molecule has 0 spiro atoms. The summed E-state index contributed by atoms with van der Waals surface area (Å²) in [5.74, 6) is 0.938. The second-order valence-corrected chi connectivity index (χ2v) is 6.52. The molecule has 0 aliphatic carbocycles. The summed E-state index contributed by atoms with van der Waals surface area (Å²) in [7, 11) is 3.58. The second kappa shape index (κ2) is 8.16. The zero-order chi connectivity index (χ0) is 17.6. The van der Waals surface area contributed by atoms with Crippen molar-refractivity contribution >= 4 is 5.91 Å². The monoisotopic (exact) mass is 342 g/mol. The Balaban J connectivity index is 1.45. The van der Waals surface area contributed by atoms with Gasteiger partial charge in [0.05, 0.1) is 19.9 Å². The summed E-state index contributed by atoms with van der Waals surface area (Å²) >= 11 is 0. The number of hydrogen-bond donors (Lipinski definition) is 1. The fourth-order valence-electron chi connectivity index (χ4n) is 3.38. The number of nitrogens with one attached hydrogen (secondary N) is 1. The lowest BCUT2D eigenvalue weighted by Gasteiger charge is -2.22. The van der Waals surface area contributed by atoms with Crippen LogP contribution in [0.15, 0.2) is 36.7 Å². The van der Waals surface area contributed by atoms with E-state index in [0.717, 1.165) is 31.6 Å². The minimum atomic E-state index is 0.0873. The smallest absolute Gasteiger partial charge is 0.234 e. The number of hydrogen-bond acceptors (Lipinski definition) is 4. The molecule has 0 saturated carbocycles. The molecule has 6 heteroatoms. The third-order valence-corrected chi connectivity index (χ3v) is 4.71. The molecule has 25 heavy (non-hydrogen) atoms. The zero-order valence-electron chi connectivity index (χ0n) is 14.9. The van der Waals surface area contributed by atoms with Gasteiger partial charge < -0.3 is 10.1 Å². The third kappa shape index (κ3) is 4.60. The van der Waals surface area contributed by atoms with Crippen molar-refractivity contribution in [1.29, 1.82) is 0 Å². The number of rotatable bonds is 7. The number of ether oxygens (including phenoxy) is 1. The first-order valence-corrected chi connectivity index (χ1v) is 8.78. The van der Waals surface area contributed by atoms with Gasteiger partial charge in [-0.15, -0.1) is 0 Å². The maximum Gasteiger partial charge on any atom is 0.234 e. The number of likely N-dealkylation sites (tertiary alicyclic amines) is 1. The molecule has 1 saturated heterocycles. The highest BCUT2D eigenvalue weighted by atomic mass is 16.5. The zero-order valence-corrected chi connectivity index (χ0v) is 14.9. The van der Waals surface area contributed by atoms with Crippen LogP contribution in [0.25, 0.3) is 0 Å². The standard InChI is InChI=1S/C19H26N4O2/c1-22-13-16(12-21-22)18-4-3-11-23(18)14-19(24)20-10-9-15-5-7-17(25-2)8-6-15/h5-8,12-13,18H,3-4,9-11,14H2,1-2H3,(H,20,24). The third-order valence-electron chi connectivity index (χ3n) is 4.71. The van der Waals surface area contributed by atoms with Gasteiger partial charge in [0.25, 0.3) is 0 Å². The average Bonchev–Trinajstić information content (AvgIpc) is 3.24. The van der Waals surface area contributed by atoms with E-state index in [4.69, 9.17) is 4.74 Å². The van der Waals surface area contributed by atoms with E-state index in [1.54, 1.807) is 7.11 Å². The van der Waals surface area contributed by atoms with Gasteiger partial charge in [0.15, 0.2) is 0 Å². The predicted molar refractivity (Wildman–Crippen MR) is 96.5 cm³/mol. The van der Waals surface area contributed by atoms with Crippen molar-refractivity contribution < 1.29 is 9.53 Å². The second-order valence-electron chi connectivity index (χ2n) is 6.52. The van der Waals surface area contributed by atoms with Crippen LogP contribution >= 0.6 is 0 Å². The van der Waals surface area contributed by atoms with E-state index in [9.17, 15) is 4.79 Å². The maximum atomic E-state index is 12.3. The van der Waals surface area contributed by atoms with E-state index in [2.05, 4.69) is 15.3 Å². The van der Waals surface area contributed by atoms with Gasteiger partial charge in [-0.25, -0.2) is 0 Å². The highest BCUT2D eigenvalue weighted by molar-refractivity contribution is 5.78. The van der Waals surface area contributed by atoms with E-state index in [1.165, 1.54) is 11.1 Å². The maximum absolute atomic E-state index is 12.3. The van der Waals surface area contributed by atoms with Crippen LogP contribution in [-0.2, 0) is 18.3 Å². The van der Waals surface area contributed by atoms with Gasteiger partial charge in [-0.1, -0.05) is 12.1 Å². The highest BCUT2D eigenvalue weighted by Crippen LogP contribution is 2.30. The first-order chi connectivity index (χ1) is 12.2. The summed E-state index contributed by atoms with van der Waals surface area (Å²) < 4.78 is 6.97. The molecule has 1 aliphatic heterocycles. The van der Waals surface area contributed by atoms with Crippen molar-refractivity contribution in [3.63, 3.8) is 0 Å². The summed E-state index contributed by atoms with van der Waals surface area (Å²) in [5, 5.41) is 7.28. The van der Waals surface area contributed by atoms with Crippen LogP contribution in [0.4, 0.5) is 0 Å². The summed E-state index contributed by atoms with van der Waals surface area (Å²) in [5.41, 5.74) is 2.39. The van der Waals surface area contributed by atoms with Gasteiger partial charge in [-0.05, 0) is 43.5 Å². The number of nitrogens with zero attached hydrogens (tertiary/aromatic N) is 3. The lowest BCUT2D eigenvalue weighted by Crippen LogP contribution is -2.37. The molecule has 134 valence electrons. The Labute approximate surface area is 148 Å². The fourth-order valence-corrected chi connectivity index (χ4v) is 3.38. The van der Waals surface area contributed by atoms with Crippen molar-refractivity contribution in [2.24, 2.45) is 7.05 Å². The predicted octanol–water partition coefficient (Wildman–Crippen LogP) is 1.92. The summed E-state index contributed by atoms with van der Waals surface area (Å²) in [6.45, 7) is 2.06. The molecule has 1 aromatic heterocycles. The van der Waals surface area contributed by atoms with Crippen LogP contribution in [-0.4, -0.2) is 47.3 Å². The molecule has 0 radical (unpaired) electrons. The number of benzene rings is 1. The number of methoxy groups -OCH3 is 1. The molecule has 1 fully saturated rings. The lowest BCUT2D eigenvalue weighted by molar-refractivity contribution is -0.122. The Morgan fingerprint density at radius 1 is 1.36 bits per heavy atom. The molecule has 2 aromatic rings. The molecule has 6 nitrogen and oxygen atoms in total. The molecule has 1 unspecified atom stereocenters. The quantitative estimate of drug-likeness (QED) is 0.835.